The number of piperidine rings is 1. The molecule has 0 saturated carbocycles. The van der Waals surface area contributed by atoms with E-state index in [1.807, 2.05) is 18.2 Å². The number of hydrogen-bond acceptors (Lipinski definition) is 6. The van der Waals surface area contributed by atoms with Crippen LogP contribution >= 0.6 is 0 Å². The van der Waals surface area contributed by atoms with Gasteiger partial charge in [-0.05, 0) is 43.5 Å². The minimum Gasteiger partial charge on any atom is -0.481 e. The lowest BCUT2D eigenvalue weighted by Gasteiger charge is -2.31. The minimum atomic E-state index is -1.63. The summed E-state index contributed by atoms with van der Waals surface area (Å²) >= 11 is 0. The van der Waals surface area contributed by atoms with E-state index in [2.05, 4.69) is 10.3 Å². The van der Waals surface area contributed by atoms with Gasteiger partial charge < -0.3 is 24.6 Å². The Morgan fingerprint density at radius 3 is 2.45 bits per heavy atom. The zero-order valence-electron chi connectivity index (χ0n) is 21.7. The number of aliphatic carboxylic acids is 1. The van der Waals surface area contributed by atoms with Gasteiger partial charge in [0.2, 0.25) is 11.7 Å². The predicted molar refractivity (Wildman–Crippen MR) is 135 cm³/mol. The maximum atomic E-state index is 14.2. The molecule has 0 radical (unpaired) electrons. The first-order valence-electron chi connectivity index (χ1n) is 12.5. The second-order valence-electron chi connectivity index (χ2n) is 9.60. The Balaban J connectivity index is 1.36. The first kappa shape index (κ1) is 28.6. The van der Waals surface area contributed by atoms with Crippen LogP contribution in [0.15, 0.2) is 30.3 Å². The van der Waals surface area contributed by atoms with Crippen molar-refractivity contribution in [3.63, 3.8) is 0 Å². The number of rotatable bonds is 9. The van der Waals surface area contributed by atoms with Crippen LogP contribution in [0.3, 0.4) is 0 Å². The van der Waals surface area contributed by atoms with Crippen LogP contribution in [0.5, 0.6) is 5.75 Å². The molecular weight excluding hydrogens is 533 g/mol. The van der Waals surface area contributed by atoms with Crippen molar-refractivity contribution < 1.29 is 42.2 Å². The van der Waals surface area contributed by atoms with Gasteiger partial charge in [-0.3, -0.25) is 19.2 Å². The maximum absolute atomic E-state index is 14.2. The topological polar surface area (TPSA) is 131 Å². The number of ether oxygens (including phenoxy) is 1. The van der Waals surface area contributed by atoms with Gasteiger partial charge >= 0.3 is 5.97 Å². The summed E-state index contributed by atoms with van der Waals surface area (Å²) in [6, 6.07) is 6.39. The summed E-state index contributed by atoms with van der Waals surface area (Å²) < 4.78 is 48.4. The summed E-state index contributed by atoms with van der Waals surface area (Å²) in [5.41, 5.74) is 1.23. The number of benzene rings is 2. The predicted octanol–water partition coefficient (Wildman–Crippen LogP) is 2.76. The van der Waals surface area contributed by atoms with E-state index in [-0.39, 0.29) is 43.2 Å². The van der Waals surface area contributed by atoms with E-state index in [1.165, 1.54) is 6.92 Å². The van der Waals surface area contributed by atoms with Crippen LogP contribution < -0.4 is 10.1 Å². The molecule has 2 heterocycles. The van der Waals surface area contributed by atoms with E-state index < -0.39 is 65.8 Å². The fourth-order valence-corrected chi connectivity index (χ4v) is 4.60. The molecule has 2 amide bonds. The number of ketones is 1. The van der Waals surface area contributed by atoms with Gasteiger partial charge in [-0.25, -0.2) is 13.8 Å². The van der Waals surface area contributed by atoms with E-state index in [9.17, 15) is 37.5 Å². The standard InChI is InChI=1S/C27H27F3N4O6/c1-14-11-16(28)23(30)24(22(14)29)40-13-20(35)18(12-21(36)37)32-26(38)15-7-9-34(10-8-15)27(39)25-31-17-5-3-4-6-19(17)33(25)2/h3-6,11,15,18H,7-10,12-13H2,1-2H3,(H,32,38)(H,36,37)/t18-/m0/s1. The molecule has 0 unspecified atom stereocenters. The van der Waals surface area contributed by atoms with Crippen LogP contribution in [0.25, 0.3) is 11.0 Å². The van der Waals surface area contributed by atoms with Gasteiger partial charge in [0, 0.05) is 26.1 Å². The summed E-state index contributed by atoms with van der Waals surface area (Å²) in [5, 5.41) is 11.6. The Kier molecular flexibility index (Phi) is 8.40. The number of carboxylic acid groups (broad SMARTS) is 1. The fraction of sp³-hybridized carbons (Fsp3) is 0.370. The van der Waals surface area contributed by atoms with Crippen molar-refractivity contribution in [2.75, 3.05) is 19.7 Å². The molecule has 0 spiro atoms. The number of nitrogens with zero attached hydrogens (tertiary/aromatic N) is 3. The third-order valence-electron chi connectivity index (χ3n) is 6.87. The molecule has 40 heavy (non-hydrogen) atoms. The number of Topliss-reactive ketones (excluding diaryl/α,β-unsaturated/α-hetero) is 1. The monoisotopic (exact) mass is 560 g/mol. The van der Waals surface area contributed by atoms with Crippen molar-refractivity contribution in [1.82, 2.24) is 19.8 Å². The number of halogens is 3. The van der Waals surface area contributed by atoms with Gasteiger partial charge in [-0.15, -0.1) is 0 Å². The fourth-order valence-electron chi connectivity index (χ4n) is 4.60. The molecular formula is C27H27F3N4O6. The lowest BCUT2D eigenvalue weighted by molar-refractivity contribution is -0.141. The van der Waals surface area contributed by atoms with E-state index in [0.717, 1.165) is 5.52 Å². The van der Waals surface area contributed by atoms with Crippen LogP contribution in [-0.4, -0.2) is 68.9 Å². The second-order valence-corrected chi connectivity index (χ2v) is 9.60. The van der Waals surface area contributed by atoms with Gasteiger partial charge in [-0.2, -0.15) is 4.39 Å². The molecule has 1 aromatic heterocycles. The lowest BCUT2D eigenvalue weighted by Crippen LogP contribution is -2.49. The van der Waals surface area contributed by atoms with E-state index in [1.54, 1.807) is 22.6 Å². The Bertz CT molecular complexity index is 1460. The van der Waals surface area contributed by atoms with Gasteiger partial charge in [0.25, 0.3) is 5.91 Å². The Morgan fingerprint density at radius 1 is 1.12 bits per heavy atom. The highest BCUT2D eigenvalue weighted by molar-refractivity contribution is 5.95. The Morgan fingerprint density at radius 2 is 1.80 bits per heavy atom. The Labute approximate surface area is 226 Å². The third-order valence-corrected chi connectivity index (χ3v) is 6.87. The number of amides is 2. The molecule has 1 fully saturated rings. The van der Waals surface area contributed by atoms with Crippen LogP contribution in [0, 0.1) is 30.3 Å². The maximum Gasteiger partial charge on any atom is 0.305 e. The molecule has 3 aromatic rings. The minimum absolute atomic E-state index is 0.234. The average Bonchev–Trinajstić information content (AvgIpc) is 3.27. The van der Waals surface area contributed by atoms with Crippen molar-refractivity contribution in [3.05, 3.63) is 59.2 Å². The smallest absolute Gasteiger partial charge is 0.305 e. The molecule has 1 aliphatic rings. The highest BCUT2D eigenvalue weighted by atomic mass is 19.2. The number of nitrogens with one attached hydrogen (secondary N) is 1. The number of imidazole rings is 1. The normalized spacial score (nSPS) is 14.7. The summed E-state index contributed by atoms with van der Waals surface area (Å²) in [7, 11) is 1.74. The van der Waals surface area contributed by atoms with E-state index >= 15 is 0 Å². The van der Waals surface area contributed by atoms with Crippen molar-refractivity contribution >= 4 is 34.6 Å². The van der Waals surface area contributed by atoms with Gasteiger partial charge in [0.1, 0.15) is 12.6 Å². The van der Waals surface area contributed by atoms with Crippen molar-refractivity contribution in [3.8, 4) is 5.75 Å². The van der Waals surface area contributed by atoms with Crippen LogP contribution in [0.2, 0.25) is 0 Å². The molecule has 13 heteroatoms. The lowest BCUT2D eigenvalue weighted by atomic mass is 9.95. The zero-order valence-corrected chi connectivity index (χ0v) is 21.7. The molecule has 10 nitrogen and oxygen atoms in total. The van der Waals surface area contributed by atoms with Gasteiger partial charge in [0.05, 0.1) is 17.5 Å². The average molecular weight is 561 g/mol. The zero-order chi connectivity index (χ0) is 29.1. The van der Waals surface area contributed by atoms with E-state index in [4.69, 9.17) is 4.74 Å². The number of aromatic nitrogens is 2. The first-order valence-corrected chi connectivity index (χ1v) is 12.5. The first-order chi connectivity index (χ1) is 19.0. The second kappa shape index (κ2) is 11.8. The van der Waals surface area contributed by atoms with Crippen LogP contribution in [0.4, 0.5) is 13.2 Å². The highest BCUT2D eigenvalue weighted by Crippen LogP contribution is 2.27. The highest BCUT2D eigenvalue weighted by Gasteiger charge is 2.33. The number of likely N-dealkylation sites (tertiary alicyclic amines) is 1. The number of aryl methyl sites for hydroxylation is 2. The number of carbonyl (C=O) groups is 4. The molecule has 4 rings (SSSR count). The largest absolute Gasteiger partial charge is 0.481 e. The Hall–Kier alpha value is -4.42. The number of carboxylic acids is 1. The number of carbonyl (C=O) groups excluding carboxylic acids is 3. The van der Waals surface area contributed by atoms with Crippen molar-refractivity contribution in [2.45, 2.75) is 32.2 Å². The molecule has 1 aliphatic heterocycles. The SMILES string of the molecule is Cc1cc(F)c(F)c(OCC(=O)[C@H](CC(=O)O)NC(=O)C2CCN(C(=O)c3nc4ccccc4n3C)CC2)c1F. The number of para-hydroxylation sites is 2. The summed E-state index contributed by atoms with van der Waals surface area (Å²) in [6.07, 6.45) is -0.291. The third kappa shape index (κ3) is 5.92. The summed E-state index contributed by atoms with van der Waals surface area (Å²) in [4.78, 5) is 55.9. The molecule has 1 saturated heterocycles. The molecule has 212 valence electrons. The molecule has 2 N–H and O–H groups in total. The van der Waals surface area contributed by atoms with Crippen LogP contribution in [0.1, 0.15) is 35.4 Å². The molecule has 0 bridgehead atoms. The molecule has 0 aliphatic carbocycles. The van der Waals surface area contributed by atoms with Gasteiger partial charge in [0.15, 0.2) is 29.0 Å². The number of hydrogen-bond donors (Lipinski definition) is 2. The van der Waals surface area contributed by atoms with E-state index in [0.29, 0.717) is 11.6 Å². The molecule has 1 atom stereocenters. The van der Waals surface area contributed by atoms with Crippen LogP contribution in [-0.2, 0) is 21.4 Å². The van der Waals surface area contributed by atoms with Gasteiger partial charge in [-0.1, -0.05) is 12.1 Å². The quantitative estimate of drug-likeness (QED) is 0.385. The summed E-state index contributed by atoms with van der Waals surface area (Å²) in [5.74, 6) is -8.94. The van der Waals surface area contributed by atoms with Crippen molar-refractivity contribution in [1.29, 1.82) is 0 Å². The molecule has 2 aromatic carbocycles. The summed E-state index contributed by atoms with van der Waals surface area (Å²) in [6.45, 7) is 0.647. The van der Waals surface area contributed by atoms with Crippen molar-refractivity contribution in [2.24, 2.45) is 13.0 Å². The number of fused-ring (bicyclic) bond motifs is 1.